The Morgan fingerprint density at radius 1 is 0.710 bits per heavy atom. The van der Waals surface area contributed by atoms with E-state index in [-0.39, 0.29) is 5.41 Å². The second-order valence-electron chi connectivity index (χ2n) is 8.82. The van der Waals surface area contributed by atoms with Crippen LogP contribution in [0, 0.1) is 0 Å². The SMILES string of the molecule is C/C=C\C=C/c1cccc(-c2ccc3c(c2)C(C)(C)c2cc4ccccc4cc2-3)c1N. The molecule has 1 aliphatic rings. The van der Waals surface area contributed by atoms with Crippen molar-refractivity contribution in [2.75, 3.05) is 5.73 Å². The zero-order valence-corrected chi connectivity index (χ0v) is 18.3. The first-order valence-electron chi connectivity index (χ1n) is 10.9. The van der Waals surface area contributed by atoms with Crippen molar-refractivity contribution in [3.8, 4) is 22.3 Å². The lowest BCUT2D eigenvalue weighted by atomic mass is 9.81. The molecule has 0 aromatic heterocycles. The summed E-state index contributed by atoms with van der Waals surface area (Å²) < 4.78 is 0. The minimum absolute atomic E-state index is 0.0527. The first-order chi connectivity index (χ1) is 15.0. The van der Waals surface area contributed by atoms with Gasteiger partial charge in [0.25, 0.3) is 0 Å². The number of allylic oxidation sites excluding steroid dienone is 3. The third-order valence-electron chi connectivity index (χ3n) is 6.57. The van der Waals surface area contributed by atoms with Crippen molar-refractivity contribution in [2.24, 2.45) is 0 Å². The van der Waals surface area contributed by atoms with Gasteiger partial charge in [-0.1, -0.05) is 92.7 Å². The molecule has 0 unspecified atom stereocenters. The van der Waals surface area contributed by atoms with Crippen LogP contribution in [0.1, 0.15) is 37.5 Å². The molecule has 0 amide bonds. The Morgan fingerprint density at radius 3 is 2.23 bits per heavy atom. The van der Waals surface area contributed by atoms with Crippen molar-refractivity contribution >= 4 is 22.5 Å². The average Bonchev–Trinajstić information content (AvgIpc) is 3.00. The molecule has 31 heavy (non-hydrogen) atoms. The van der Waals surface area contributed by atoms with E-state index in [2.05, 4.69) is 92.7 Å². The van der Waals surface area contributed by atoms with Gasteiger partial charge in [0.2, 0.25) is 0 Å². The number of nitrogens with two attached hydrogens (primary N) is 1. The van der Waals surface area contributed by atoms with E-state index in [0.717, 1.165) is 16.8 Å². The summed E-state index contributed by atoms with van der Waals surface area (Å²) in [5.74, 6) is 0. The zero-order chi connectivity index (χ0) is 21.6. The summed E-state index contributed by atoms with van der Waals surface area (Å²) in [7, 11) is 0. The number of hydrogen-bond acceptors (Lipinski definition) is 1. The smallest absolute Gasteiger partial charge is 0.0467 e. The van der Waals surface area contributed by atoms with Crippen molar-refractivity contribution in [1.29, 1.82) is 0 Å². The van der Waals surface area contributed by atoms with Crippen LogP contribution >= 0.6 is 0 Å². The van der Waals surface area contributed by atoms with Gasteiger partial charge >= 0.3 is 0 Å². The molecule has 152 valence electrons. The van der Waals surface area contributed by atoms with Gasteiger partial charge in [0, 0.05) is 16.7 Å². The van der Waals surface area contributed by atoms with Crippen LogP contribution in [0.25, 0.3) is 39.1 Å². The van der Waals surface area contributed by atoms with Crippen LogP contribution in [0.2, 0.25) is 0 Å². The molecule has 0 saturated carbocycles. The number of nitrogen functional groups attached to an aromatic ring is 1. The molecule has 5 rings (SSSR count). The van der Waals surface area contributed by atoms with Gasteiger partial charge in [-0.3, -0.25) is 0 Å². The zero-order valence-electron chi connectivity index (χ0n) is 18.3. The topological polar surface area (TPSA) is 26.0 Å². The van der Waals surface area contributed by atoms with Gasteiger partial charge in [0.05, 0.1) is 0 Å². The Bertz CT molecular complexity index is 1370. The van der Waals surface area contributed by atoms with Crippen molar-refractivity contribution < 1.29 is 0 Å². The van der Waals surface area contributed by atoms with E-state index in [1.165, 1.54) is 38.6 Å². The molecule has 0 fully saturated rings. The highest BCUT2D eigenvalue weighted by Crippen LogP contribution is 2.51. The fraction of sp³-hybridized carbons (Fsp3) is 0.133. The minimum Gasteiger partial charge on any atom is -0.398 e. The molecule has 0 aliphatic heterocycles. The number of benzene rings is 4. The molecule has 0 saturated heterocycles. The molecule has 0 bridgehead atoms. The Kier molecular flexibility index (Phi) is 4.55. The number of rotatable bonds is 3. The van der Waals surface area contributed by atoms with Crippen molar-refractivity contribution in [3.05, 3.63) is 108 Å². The summed E-state index contributed by atoms with van der Waals surface area (Å²) in [6.45, 7) is 6.67. The Labute approximate surface area is 184 Å². The van der Waals surface area contributed by atoms with Crippen LogP contribution in [0.4, 0.5) is 5.69 Å². The Hall–Kier alpha value is -3.58. The van der Waals surface area contributed by atoms with E-state index in [0.29, 0.717) is 0 Å². The molecule has 0 radical (unpaired) electrons. The van der Waals surface area contributed by atoms with Crippen molar-refractivity contribution in [3.63, 3.8) is 0 Å². The monoisotopic (exact) mass is 401 g/mol. The van der Waals surface area contributed by atoms with Crippen molar-refractivity contribution in [1.82, 2.24) is 0 Å². The molecule has 1 nitrogen and oxygen atoms in total. The summed E-state index contributed by atoms with van der Waals surface area (Å²) in [6.07, 6.45) is 8.13. The highest BCUT2D eigenvalue weighted by molar-refractivity contribution is 5.94. The van der Waals surface area contributed by atoms with Gasteiger partial charge in [-0.2, -0.15) is 0 Å². The Morgan fingerprint density at radius 2 is 1.45 bits per heavy atom. The summed E-state index contributed by atoms with van der Waals surface area (Å²) in [4.78, 5) is 0. The molecular formula is C30H27N. The van der Waals surface area contributed by atoms with Gasteiger partial charge in [0.1, 0.15) is 0 Å². The van der Waals surface area contributed by atoms with Crippen molar-refractivity contribution in [2.45, 2.75) is 26.2 Å². The maximum absolute atomic E-state index is 6.59. The molecule has 4 aromatic rings. The molecule has 4 aromatic carbocycles. The predicted octanol–water partition coefficient (Wildman–Crippen LogP) is 7.98. The standard InChI is InChI=1S/C30H27N/c1-4-5-6-10-20-13-9-14-24(29(20)31)23-15-16-25-26-17-21-11-7-8-12-22(21)18-28(26)30(2,3)27(25)19-23/h4-19H,31H2,1-3H3/b5-4-,10-6-. The average molecular weight is 402 g/mol. The highest BCUT2D eigenvalue weighted by atomic mass is 14.6. The predicted molar refractivity (Wildman–Crippen MR) is 135 cm³/mol. The molecule has 1 heteroatoms. The lowest BCUT2D eigenvalue weighted by molar-refractivity contribution is 0.661. The minimum atomic E-state index is -0.0527. The summed E-state index contributed by atoms with van der Waals surface area (Å²) in [5.41, 5.74) is 16.1. The summed E-state index contributed by atoms with van der Waals surface area (Å²) in [5, 5.41) is 2.59. The molecular weight excluding hydrogens is 374 g/mol. The molecule has 2 N–H and O–H groups in total. The maximum Gasteiger partial charge on any atom is 0.0467 e. The largest absolute Gasteiger partial charge is 0.398 e. The van der Waals surface area contributed by atoms with E-state index in [4.69, 9.17) is 5.73 Å². The summed E-state index contributed by atoms with van der Waals surface area (Å²) >= 11 is 0. The number of anilines is 1. The molecule has 0 spiro atoms. The third-order valence-corrected chi connectivity index (χ3v) is 6.57. The lowest BCUT2D eigenvalue weighted by Crippen LogP contribution is -2.15. The number of fused-ring (bicyclic) bond motifs is 4. The second-order valence-corrected chi connectivity index (χ2v) is 8.82. The highest BCUT2D eigenvalue weighted by Gasteiger charge is 2.35. The van der Waals surface area contributed by atoms with Gasteiger partial charge < -0.3 is 5.73 Å². The van der Waals surface area contributed by atoms with Crippen LogP contribution in [0.3, 0.4) is 0 Å². The van der Waals surface area contributed by atoms with Crippen LogP contribution in [0.5, 0.6) is 0 Å². The van der Waals surface area contributed by atoms with E-state index >= 15 is 0 Å². The van der Waals surface area contributed by atoms with E-state index in [1.54, 1.807) is 0 Å². The van der Waals surface area contributed by atoms with Crippen LogP contribution in [-0.2, 0) is 5.41 Å². The fourth-order valence-corrected chi connectivity index (χ4v) is 4.84. The van der Waals surface area contributed by atoms with Gasteiger partial charge in [0.15, 0.2) is 0 Å². The fourth-order valence-electron chi connectivity index (χ4n) is 4.84. The number of para-hydroxylation sites is 1. The van der Waals surface area contributed by atoms with E-state index < -0.39 is 0 Å². The first kappa shape index (κ1) is 19.4. The first-order valence-corrected chi connectivity index (χ1v) is 10.9. The maximum atomic E-state index is 6.59. The van der Waals surface area contributed by atoms with Gasteiger partial charge in [-0.15, -0.1) is 0 Å². The van der Waals surface area contributed by atoms with Crippen LogP contribution in [-0.4, -0.2) is 0 Å². The second kappa shape index (κ2) is 7.28. The van der Waals surface area contributed by atoms with E-state index in [1.807, 2.05) is 25.2 Å². The Balaban J connectivity index is 1.65. The van der Waals surface area contributed by atoms with Gasteiger partial charge in [-0.25, -0.2) is 0 Å². The number of hydrogen-bond donors (Lipinski definition) is 1. The normalized spacial score (nSPS) is 14.4. The van der Waals surface area contributed by atoms with Crippen LogP contribution in [0.15, 0.2) is 91.0 Å². The molecule has 0 heterocycles. The summed E-state index contributed by atoms with van der Waals surface area (Å²) in [6, 6.07) is 26.4. The third kappa shape index (κ3) is 3.09. The molecule has 1 aliphatic carbocycles. The van der Waals surface area contributed by atoms with E-state index in [9.17, 15) is 0 Å². The quantitative estimate of drug-likeness (QED) is 0.273. The van der Waals surface area contributed by atoms with Crippen LogP contribution < -0.4 is 5.73 Å². The lowest BCUT2D eigenvalue weighted by Gasteiger charge is -2.22. The molecule has 0 atom stereocenters. The van der Waals surface area contributed by atoms with Gasteiger partial charge in [-0.05, 0) is 69.3 Å².